The number of nitrogens with one attached hydrogen (secondary N) is 1. The zero-order valence-electron chi connectivity index (χ0n) is 17.0. The lowest BCUT2D eigenvalue weighted by atomic mass is 10.1. The molecule has 0 radical (unpaired) electrons. The van der Waals surface area contributed by atoms with Crippen molar-refractivity contribution in [2.75, 3.05) is 11.8 Å². The minimum Gasteiger partial charge on any atom is -0.465 e. The van der Waals surface area contributed by atoms with Crippen LogP contribution in [0.3, 0.4) is 0 Å². The fourth-order valence-corrected chi connectivity index (χ4v) is 5.02. The third kappa shape index (κ3) is 4.31. The Bertz CT molecular complexity index is 1350. The summed E-state index contributed by atoms with van der Waals surface area (Å²) in [5.41, 5.74) is 1.97. The molecule has 9 heteroatoms. The number of nitrogens with zero attached hydrogens (tertiary/aromatic N) is 2. The molecule has 0 unspecified atom stereocenters. The molecule has 0 aliphatic heterocycles. The standard InChI is InChI=1S/C23H18ClN3O4S/c1-31-23(28)15-7-8-17(14-5-6-14)22(11-15)32(29,30)27-21-10-16(13-25)19(24)12-18(21)20-4-2-3-9-26-20/h2-4,7-12,14,27H,5-6H2,1H3. The Morgan fingerprint density at radius 3 is 2.62 bits per heavy atom. The van der Waals surface area contributed by atoms with Gasteiger partial charge in [-0.15, -0.1) is 0 Å². The van der Waals surface area contributed by atoms with Crippen LogP contribution in [0.2, 0.25) is 5.02 Å². The van der Waals surface area contributed by atoms with Crippen LogP contribution in [0.4, 0.5) is 5.69 Å². The Labute approximate surface area is 190 Å². The van der Waals surface area contributed by atoms with Crippen molar-refractivity contribution in [3.8, 4) is 17.3 Å². The van der Waals surface area contributed by atoms with E-state index in [9.17, 15) is 18.5 Å². The number of hydrogen-bond acceptors (Lipinski definition) is 6. The molecule has 0 spiro atoms. The molecule has 32 heavy (non-hydrogen) atoms. The molecule has 1 saturated carbocycles. The predicted molar refractivity (Wildman–Crippen MR) is 120 cm³/mol. The summed E-state index contributed by atoms with van der Waals surface area (Å²) >= 11 is 6.21. The summed E-state index contributed by atoms with van der Waals surface area (Å²) in [4.78, 5) is 16.3. The maximum atomic E-state index is 13.5. The highest BCUT2D eigenvalue weighted by atomic mass is 35.5. The second-order valence-electron chi connectivity index (χ2n) is 7.33. The third-order valence-electron chi connectivity index (χ3n) is 5.15. The zero-order valence-corrected chi connectivity index (χ0v) is 18.6. The molecular weight excluding hydrogens is 450 g/mol. The molecule has 3 aromatic rings. The van der Waals surface area contributed by atoms with Crippen LogP contribution in [0.5, 0.6) is 0 Å². The first-order valence-corrected chi connectivity index (χ1v) is 11.6. The van der Waals surface area contributed by atoms with Gasteiger partial charge in [-0.1, -0.05) is 23.7 Å². The van der Waals surface area contributed by atoms with Crippen LogP contribution < -0.4 is 4.72 Å². The molecule has 1 aliphatic rings. The summed E-state index contributed by atoms with van der Waals surface area (Å²) < 4.78 is 34.3. The molecule has 0 saturated heterocycles. The first-order chi connectivity index (χ1) is 15.3. The Hall–Kier alpha value is -3.41. The van der Waals surface area contributed by atoms with E-state index < -0.39 is 16.0 Å². The van der Waals surface area contributed by atoms with E-state index in [1.165, 1.54) is 25.3 Å². The molecule has 162 valence electrons. The van der Waals surface area contributed by atoms with Gasteiger partial charge in [0.15, 0.2) is 0 Å². The molecule has 1 heterocycles. The molecule has 0 atom stereocenters. The van der Waals surface area contributed by atoms with Crippen molar-refractivity contribution in [1.82, 2.24) is 4.98 Å². The highest BCUT2D eigenvalue weighted by Gasteiger charge is 2.32. The van der Waals surface area contributed by atoms with Crippen molar-refractivity contribution in [1.29, 1.82) is 5.26 Å². The highest BCUT2D eigenvalue weighted by Crippen LogP contribution is 2.44. The predicted octanol–water partition coefficient (Wildman–Crippen LogP) is 4.74. The van der Waals surface area contributed by atoms with Crippen LogP contribution in [-0.2, 0) is 14.8 Å². The Kier molecular flexibility index (Phi) is 5.87. The van der Waals surface area contributed by atoms with Gasteiger partial charge in [0.1, 0.15) is 6.07 Å². The number of nitriles is 1. The maximum absolute atomic E-state index is 13.5. The van der Waals surface area contributed by atoms with Crippen LogP contribution in [0.15, 0.2) is 59.6 Å². The Balaban J connectivity index is 1.84. The molecule has 1 N–H and O–H groups in total. The van der Waals surface area contributed by atoms with Gasteiger partial charge in [-0.2, -0.15) is 5.26 Å². The summed E-state index contributed by atoms with van der Waals surface area (Å²) in [5.74, 6) is -0.514. The van der Waals surface area contributed by atoms with Gasteiger partial charge in [-0.3, -0.25) is 9.71 Å². The van der Waals surface area contributed by atoms with E-state index in [0.717, 1.165) is 12.8 Å². The number of benzene rings is 2. The smallest absolute Gasteiger partial charge is 0.337 e. The molecule has 1 fully saturated rings. The SMILES string of the molecule is COC(=O)c1ccc(C2CC2)c(S(=O)(=O)Nc2cc(C#N)c(Cl)cc2-c2ccccn2)c1. The summed E-state index contributed by atoms with van der Waals surface area (Å²) in [6.45, 7) is 0. The normalized spacial score (nSPS) is 13.3. The van der Waals surface area contributed by atoms with E-state index in [4.69, 9.17) is 16.3 Å². The van der Waals surface area contributed by atoms with Crippen LogP contribution in [0.25, 0.3) is 11.3 Å². The largest absolute Gasteiger partial charge is 0.465 e. The molecule has 2 aromatic carbocycles. The van der Waals surface area contributed by atoms with Crippen molar-refractivity contribution in [2.45, 2.75) is 23.7 Å². The van der Waals surface area contributed by atoms with Crippen molar-refractivity contribution in [2.24, 2.45) is 0 Å². The van der Waals surface area contributed by atoms with Gasteiger partial charge in [0.2, 0.25) is 0 Å². The van der Waals surface area contributed by atoms with Gasteiger partial charge in [-0.05, 0) is 60.7 Å². The molecule has 4 rings (SSSR count). The Morgan fingerprint density at radius 1 is 1.22 bits per heavy atom. The molecule has 0 amide bonds. The zero-order chi connectivity index (χ0) is 22.9. The summed E-state index contributed by atoms with van der Waals surface area (Å²) in [5, 5.41) is 9.57. The number of methoxy groups -OCH3 is 1. The number of anilines is 1. The number of carbonyl (C=O) groups is 1. The first kappa shape index (κ1) is 21.8. The summed E-state index contributed by atoms with van der Waals surface area (Å²) in [7, 11) is -2.88. The minimum absolute atomic E-state index is 0.00308. The van der Waals surface area contributed by atoms with Crippen molar-refractivity contribution in [3.63, 3.8) is 0 Å². The number of rotatable bonds is 6. The number of sulfonamides is 1. The van der Waals surface area contributed by atoms with Crippen molar-refractivity contribution >= 4 is 33.3 Å². The van der Waals surface area contributed by atoms with Gasteiger partial charge in [0.25, 0.3) is 10.0 Å². The van der Waals surface area contributed by atoms with Gasteiger partial charge in [-0.25, -0.2) is 13.2 Å². The number of pyridine rings is 1. The lowest BCUT2D eigenvalue weighted by Crippen LogP contribution is -2.17. The average molecular weight is 468 g/mol. The maximum Gasteiger partial charge on any atom is 0.337 e. The monoisotopic (exact) mass is 467 g/mol. The second-order valence-corrected chi connectivity index (χ2v) is 9.39. The van der Waals surface area contributed by atoms with E-state index in [1.807, 2.05) is 6.07 Å². The highest BCUT2D eigenvalue weighted by molar-refractivity contribution is 7.92. The van der Waals surface area contributed by atoms with E-state index in [2.05, 4.69) is 9.71 Å². The number of aromatic nitrogens is 1. The lowest BCUT2D eigenvalue weighted by Gasteiger charge is -2.16. The summed E-state index contributed by atoms with van der Waals surface area (Å²) in [6, 6.07) is 14.6. The molecular formula is C23H18ClN3O4S. The number of halogens is 1. The number of carbonyl (C=O) groups excluding carboxylic acids is 1. The fraction of sp³-hybridized carbons (Fsp3) is 0.174. The first-order valence-electron chi connectivity index (χ1n) is 9.74. The molecule has 1 aliphatic carbocycles. The molecule has 0 bridgehead atoms. The average Bonchev–Trinajstić information content (AvgIpc) is 3.65. The van der Waals surface area contributed by atoms with Crippen molar-refractivity contribution < 1.29 is 17.9 Å². The number of esters is 1. The van der Waals surface area contributed by atoms with E-state index in [-0.39, 0.29) is 32.7 Å². The Morgan fingerprint density at radius 2 is 2.00 bits per heavy atom. The van der Waals surface area contributed by atoms with Gasteiger partial charge < -0.3 is 4.74 Å². The van der Waals surface area contributed by atoms with Crippen LogP contribution in [-0.4, -0.2) is 26.5 Å². The van der Waals surface area contributed by atoms with Crippen LogP contribution in [0, 0.1) is 11.3 Å². The van der Waals surface area contributed by atoms with E-state index in [0.29, 0.717) is 16.8 Å². The number of hydrogen-bond donors (Lipinski definition) is 1. The molecule has 7 nitrogen and oxygen atoms in total. The fourth-order valence-electron chi connectivity index (χ4n) is 3.42. The minimum atomic E-state index is -4.12. The van der Waals surface area contributed by atoms with E-state index >= 15 is 0 Å². The van der Waals surface area contributed by atoms with Crippen LogP contribution in [0.1, 0.15) is 40.2 Å². The van der Waals surface area contributed by atoms with E-state index in [1.54, 1.807) is 36.5 Å². The second kappa shape index (κ2) is 8.61. The van der Waals surface area contributed by atoms with Crippen LogP contribution >= 0.6 is 11.6 Å². The van der Waals surface area contributed by atoms with Gasteiger partial charge in [0.05, 0.1) is 39.5 Å². The third-order valence-corrected chi connectivity index (χ3v) is 6.89. The summed E-state index contributed by atoms with van der Waals surface area (Å²) in [6.07, 6.45) is 3.32. The number of ether oxygens (including phenoxy) is 1. The quantitative estimate of drug-likeness (QED) is 0.524. The van der Waals surface area contributed by atoms with Crippen molar-refractivity contribution in [3.05, 3.63) is 76.4 Å². The van der Waals surface area contributed by atoms with Gasteiger partial charge in [0, 0.05) is 11.8 Å². The molecule has 1 aromatic heterocycles. The van der Waals surface area contributed by atoms with Gasteiger partial charge >= 0.3 is 5.97 Å². The topological polar surface area (TPSA) is 109 Å². The lowest BCUT2D eigenvalue weighted by molar-refractivity contribution is 0.0600.